The number of benzene rings is 2. The normalized spacial score (nSPS) is 10.7. The Morgan fingerprint density at radius 1 is 1.00 bits per heavy atom. The summed E-state index contributed by atoms with van der Waals surface area (Å²) < 4.78 is 5.85. The van der Waals surface area contributed by atoms with Crippen LogP contribution in [-0.4, -0.2) is 16.1 Å². The molecule has 0 aliphatic rings. The van der Waals surface area contributed by atoms with Crippen molar-refractivity contribution in [2.75, 3.05) is 0 Å². The molecule has 4 nitrogen and oxygen atoms in total. The maximum absolute atomic E-state index is 11.3. The van der Waals surface area contributed by atoms with Gasteiger partial charge in [0, 0.05) is 5.56 Å². The topological polar surface area (TPSA) is 63.3 Å². The average Bonchev–Trinajstić information content (AvgIpc) is 3.00. The lowest BCUT2D eigenvalue weighted by Crippen LogP contribution is -1.98. The van der Waals surface area contributed by atoms with E-state index in [-0.39, 0.29) is 5.56 Å². The lowest BCUT2D eigenvalue weighted by atomic mass is 10.00. The van der Waals surface area contributed by atoms with Gasteiger partial charge in [0.15, 0.2) is 5.76 Å². The molecular weight excluding hydrogens is 290 g/mol. The Morgan fingerprint density at radius 3 is 2.43 bits per heavy atom. The Morgan fingerprint density at radius 2 is 1.70 bits per heavy atom. The first-order chi connectivity index (χ1) is 11.0. The van der Waals surface area contributed by atoms with Crippen LogP contribution in [-0.2, 0) is 0 Å². The van der Waals surface area contributed by atoms with E-state index in [1.165, 1.54) is 11.1 Å². The van der Waals surface area contributed by atoms with Crippen LogP contribution in [0.15, 0.2) is 47.0 Å². The molecule has 0 amide bonds. The summed E-state index contributed by atoms with van der Waals surface area (Å²) in [5.41, 5.74) is 5.13. The molecule has 0 atom stereocenters. The molecular formula is C19H17NO3. The number of carbonyl (C=O) groups is 1. The zero-order valence-corrected chi connectivity index (χ0v) is 13.3. The van der Waals surface area contributed by atoms with Gasteiger partial charge in [-0.1, -0.05) is 18.2 Å². The molecule has 0 unspecified atom stereocenters. The van der Waals surface area contributed by atoms with Crippen molar-refractivity contribution in [2.45, 2.75) is 20.8 Å². The van der Waals surface area contributed by atoms with Gasteiger partial charge in [-0.2, -0.15) is 0 Å². The van der Waals surface area contributed by atoms with E-state index in [2.05, 4.69) is 31.0 Å². The molecule has 23 heavy (non-hydrogen) atoms. The lowest BCUT2D eigenvalue weighted by Gasteiger charge is -2.07. The minimum atomic E-state index is -0.997. The van der Waals surface area contributed by atoms with Crippen LogP contribution in [0.25, 0.3) is 22.8 Å². The van der Waals surface area contributed by atoms with E-state index in [1.807, 2.05) is 6.92 Å². The number of aromatic carboxylic acids is 1. The van der Waals surface area contributed by atoms with E-state index < -0.39 is 5.97 Å². The molecule has 2 aromatic carbocycles. The molecule has 0 radical (unpaired) electrons. The quantitative estimate of drug-likeness (QED) is 0.766. The van der Waals surface area contributed by atoms with Crippen molar-refractivity contribution < 1.29 is 14.3 Å². The Balaban J connectivity index is 2.09. The molecule has 116 valence electrons. The van der Waals surface area contributed by atoms with Crippen LogP contribution in [0.5, 0.6) is 0 Å². The molecule has 3 rings (SSSR count). The summed E-state index contributed by atoms with van der Waals surface area (Å²) in [4.78, 5) is 15.6. The van der Waals surface area contributed by atoms with Crippen LogP contribution in [0.4, 0.5) is 0 Å². The standard InChI is InChI=1S/C19H17NO3/c1-11-8-13(3)16(9-12(11)2)17-10-20-18(23-17)14-6-4-5-7-15(14)19(21)22/h4-10H,1-3H3,(H,21,22). The Bertz CT molecular complexity index is 893. The van der Waals surface area contributed by atoms with Crippen molar-refractivity contribution >= 4 is 5.97 Å². The fourth-order valence-corrected chi connectivity index (χ4v) is 2.61. The molecule has 0 spiro atoms. The first-order valence-electron chi connectivity index (χ1n) is 7.34. The molecule has 0 bridgehead atoms. The van der Waals surface area contributed by atoms with Crippen molar-refractivity contribution in [1.29, 1.82) is 0 Å². The highest BCUT2D eigenvalue weighted by Gasteiger charge is 2.17. The fourth-order valence-electron chi connectivity index (χ4n) is 2.61. The van der Waals surface area contributed by atoms with Gasteiger partial charge >= 0.3 is 5.97 Å². The Kier molecular flexibility index (Phi) is 3.74. The minimum absolute atomic E-state index is 0.178. The third kappa shape index (κ3) is 2.75. The zero-order valence-electron chi connectivity index (χ0n) is 13.3. The van der Waals surface area contributed by atoms with Crippen molar-refractivity contribution in [2.24, 2.45) is 0 Å². The van der Waals surface area contributed by atoms with Crippen LogP contribution in [0.3, 0.4) is 0 Å². The number of aryl methyl sites for hydroxylation is 3. The van der Waals surface area contributed by atoms with E-state index in [0.717, 1.165) is 11.1 Å². The van der Waals surface area contributed by atoms with Gasteiger partial charge in [-0.3, -0.25) is 0 Å². The van der Waals surface area contributed by atoms with E-state index in [0.29, 0.717) is 17.2 Å². The van der Waals surface area contributed by atoms with Crippen LogP contribution in [0, 0.1) is 20.8 Å². The van der Waals surface area contributed by atoms with Gasteiger partial charge in [-0.05, 0) is 55.7 Å². The average molecular weight is 307 g/mol. The van der Waals surface area contributed by atoms with Crippen molar-refractivity contribution in [3.8, 4) is 22.8 Å². The van der Waals surface area contributed by atoms with E-state index in [1.54, 1.807) is 30.5 Å². The second kappa shape index (κ2) is 5.72. The number of carboxylic acid groups (broad SMARTS) is 1. The third-order valence-corrected chi connectivity index (χ3v) is 4.00. The summed E-state index contributed by atoms with van der Waals surface area (Å²) in [5.74, 6) is -0.0425. The first kappa shape index (κ1) is 15.0. The highest BCUT2D eigenvalue weighted by atomic mass is 16.4. The maximum Gasteiger partial charge on any atom is 0.336 e. The summed E-state index contributed by atoms with van der Waals surface area (Å²) in [5, 5.41) is 9.29. The second-order valence-electron chi connectivity index (χ2n) is 5.63. The summed E-state index contributed by atoms with van der Waals surface area (Å²) >= 11 is 0. The number of carboxylic acids is 1. The number of oxazole rings is 1. The molecule has 0 fully saturated rings. The molecule has 1 aromatic heterocycles. The molecule has 1 N–H and O–H groups in total. The predicted octanol–water partition coefficient (Wildman–Crippen LogP) is 4.63. The monoisotopic (exact) mass is 307 g/mol. The summed E-state index contributed by atoms with van der Waals surface area (Å²) in [7, 11) is 0. The number of aromatic nitrogens is 1. The molecule has 3 aromatic rings. The number of hydrogen-bond donors (Lipinski definition) is 1. The van der Waals surface area contributed by atoms with Gasteiger partial charge in [0.1, 0.15) is 0 Å². The summed E-state index contributed by atoms with van der Waals surface area (Å²) in [6.45, 7) is 6.14. The van der Waals surface area contributed by atoms with Crippen molar-refractivity contribution in [3.63, 3.8) is 0 Å². The minimum Gasteiger partial charge on any atom is -0.478 e. The van der Waals surface area contributed by atoms with Gasteiger partial charge in [0.05, 0.1) is 17.3 Å². The second-order valence-corrected chi connectivity index (χ2v) is 5.63. The van der Waals surface area contributed by atoms with Crippen LogP contribution >= 0.6 is 0 Å². The largest absolute Gasteiger partial charge is 0.478 e. The SMILES string of the molecule is Cc1cc(C)c(-c2cnc(-c3ccccc3C(=O)O)o2)cc1C. The van der Waals surface area contributed by atoms with E-state index >= 15 is 0 Å². The Labute approximate surface area is 134 Å². The van der Waals surface area contributed by atoms with Crippen molar-refractivity contribution in [1.82, 2.24) is 4.98 Å². The number of nitrogens with zero attached hydrogens (tertiary/aromatic N) is 1. The molecule has 0 saturated carbocycles. The van der Waals surface area contributed by atoms with Gasteiger partial charge in [-0.15, -0.1) is 0 Å². The summed E-state index contributed by atoms with van der Waals surface area (Å²) in [6, 6.07) is 10.9. The maximum atomic E-state index is 11.3. The van der Waals surface area contributed by atoms with E-state index in [4.69, 9.17) is 4.42 Å². The van der Waals surface area contributed by atoms with Gasteiger partial charge in [-0.25, -0.2) is 9.78 Å². The van der Waals surface area contributed by atoms with Crippen LogP contribution in [0.1, 0.15) is 27.0 Å². The fraction of sp³-hybridized carbons (Fsp3) is 0.158. The third-order valence-electron chi connectivity index (χ3n) is 4.00. The Hall–Kier alpha value is -2.88. The van der Waals surface area contributed by atoms with E-state index in [9.17, 15) is 9.90 Å². The number of rotatable bonds is 3. The van der Waals surface area contributed by atoms with Gasteiger partial charge in [0.2, 0.25) is 5.89 Å². The molecule has 1 heterocycles. The molecule has 0 aliphatic heterocycles. The first-order valence-corrected chi connectivity index (χ1v) is 7.34. The number of hydrogen-bond acceptors (Lipinski definition) is 3. The highest BCUT2D eigenvalue weighted by Crippen LogP contribution is 2.31. The summed E-state index contributed by atoms with van der Waals surface area (Å²) in [6.07, 6.45) is 1.64. The van der Waals surface area contributed by atoms with Crippen molar-refractivity contribution in [3.05, 3.63) is 64.8 Å². The molecule has 4 heteroatoms. The van der Waals surface area contributed by atoms with Crippen LogP contribution < -0.4 is 0 Å². The molecule has 0 saturated heterocycles. The molecule has 0 aliphatic carbocycles. The van der Waals surface area contributed by atoms with Gasteiger partial charge < -0.3 is 9.52 Å². The smallest absolute Gasteiger partial charge is 0.336 e. The van der Waals surface area contributed by atoms with Crippen LogP contribution in [0.2, 0.25) is 0 Å². The zero-order chi connectivity index (χ0) is 16.6. The predicted molar refractivity (Wildman–Crippen MR) is 88.5 cm³/mol. The van der Waals surface area contributed by atoms with Gasteiger partial charge in [0.25, 0.3) is 0 Å². The highest BCUT2D eigenvalue weighted by molar-refractivity contribution is 5.94. The lowest BCUT2D eigenvalue weighted by molar-refractivity contribution is 0.0697.